The lowest BCUT2D eigenvalue weighted by Gasteiger charge is -2.11. The fraction of sp³-hybridized carbons (Fsp3) is 0.130. The third kappa shape index (κ3) is 6.25. The van der Waals surface area contributed by atoms with Crippen molar-refractivity contribution in [3.63, 3.8) is 0 Å². The van der Waals surface area contributed by atoms with E-state index in [1.807, 2.05) is 49.4 Å². The molecule has 3 rings (SSSR count). The molecule has 0 aromatic heterocycles. The molecule has 0 saturated heterocycles. The van der Waals surface area contributed by atoms with Gasteiger partial charge >= 0.3 is 0 Å². The van der Waals surface area contributed by atoms with E-state index in [4.69, 9.17) is 21.1 Å². The molecule has 154 valence electrons. The molecule has 0 atom stereocenters. The van der Waals surface area contributed by atoms with Crippen LogP contribution in [-0.2, 0) is 4.79 Å². The molecule has 7 heteroatoms. The molecule has 30 heavy (non-hydrogen) atoms. The topological polar surface area (TPSA) is 71.9 Å². The van der Waals surface area contributed by atoms with Crippen molar-refractivity contribution in [1.82, 2.24) is 0 Å². The molecule has 6 nitrogen and oxygen atoms in total. The number of aryl methyl sites for hydroxylation is 1. The van der Waals surface area contributed by atoms with E-state index in [9.17, 15) is 4.79 Å². The lowest BCUT2D eigenvalue weighted by molar-refractivity contribution is -0.118. The number of hydrogen-bond donors (Lipinski definition) is 2. The van der Waals surface area contributed by atoms with Gasteiger partial charge in [-0.25, -0.2) is 0 Å². The van der Waals surface area contributed by atoms with Crippen LogP contribution in [0.1, 0.15) is 11.1 Å². The summed E-state index contributed by atoms with van der Waals surface area (Å²) in [6.45, 7) is 1.86. The highest BCUT2D eigenvalue weighted by Crippen LogP contribution is 2.27. The van der Waals surface area contributed by atoms with E-state index in [-0.39, 0.29) is 12.5 Å². The predicted molar refractivity (Wildman–Crippen MR) is 121 cm³/mol. The Labute approximate surface area is 180 Å². The molecular formula is C23H22ClN3O3. The minimum absolute atomic E-state index is 0.129. The van der Waals surface area contributed by atoms with Crippen LogP contribution in [-0.4, -0.2) is 25.8 Å². The number of hydrazone groups is 1. The number of rotatable bonds is 8. The number of amides is 1. The van der Waals surface area contributed by atoms with Gasteiger partial charge in [0.05, 0.1) is 19.0 Å². The highest BCUT2D eigenvalue weighted by molar-refractivity contribution is 6.30. The number of nitrogens with one attached hydrogen (secondary N) is 2. The number of benzene rings is 3. The third-order valence-corrected chi connectivity index (χ3v) is 4.39. The molecule has 2 N–H and O–H groups in total. The molecule has 0 heterocycles. The number of carbonyl (C=O) groups is 1. The number of halogens is 1. The van der Waals surface area contributed by atoms with Gasteiger partial charge in [-0.05, 0) is 67.1 Å². The number of hydrogen-bond acceptors (Lipinski definition) is 5. The van der Waals surface area contributed by atoms with E-state index in [0.29, 0.717) is 16.5 Å². The van der Waals surface area contributed by atoms with Crippen molar-refractivity contribution in [2.24, 2.45) is 5.10 Å². The predicted octanol–water partition coefficient (Wildman–Crippen LogP) is 5.12. The molecule has 3 aromatic carbocycles. The van der Waals surface area contributed by atoms with Gasteiger partial charge in [-0.3, -0.25) is 10.2 Å². The number of nitrogens with zero attached hydrogens (tertiary/aromatic N) is 1. The van der Waals surface area contributed by atoms with Crippen LogP contribution in [0.2, 0.25) is 5.02 Å². The van der Waals surface area contributed by atoms with Gasteiger partial charge in [0.25, 0.3) is 5.91 Å². The second kappa shape index (κ2) is 10.3. The van der Waals surface area contributed by atoms with Crippen molar-refractivity contribution in [2.45, 2.75) is 6.92 Å². The Hall–Kier alpha value is -3.51. The summed E-state index contributed by atoms with van der Waals surface area (Å²) in [4.78, 5) is 12.1. The zero-order valence-corrected chi connectivity index (χ0v) is 17.4. The molecule has 0 fully saturated rings. The van der Waals surface area contributed by atoms with Gasteiger partial charge < -0.3 is 14.8 Å². The van der Waals surface area contributed by atoms with Crippen molar-refractivity contribution < 1.29 is 14.3 Å². The van der Waals surface area contributed by atoms with E-state index in [1.165, 1.54) is 0 Å². The summed E-state index contributed by atoms with van der Waals surface area (Å²) in [5, 5.41) is 7.65. The summed E-state index contributed by atoms with van der Waals surface area (Å²) in [6, 6.07) is 20.1. The number of methoxy groups -OCH3 is 1. The largest absolute Gasteiger partial charge is 0.493 e. The van der Waals surface area contributed by atoms with E-state index < -0.39 is 0 Å². The standard InChI is InChI=1S/C23H22ClN3O3/c1-16-3-8-19(9-4-16)26-23(28)15-30-21-12-5-17(13-22(21)29-2)14-25-27-20-10-6-18(24)7-11-20/h3-14,27H,15H2,1-2H3,(H,26,28)/b25-14+. The molecule has 0 aliphatic rings. The van der Waals surface area contributed by atoms with Crippen LogP contribution >= 0.6 is 11.6 Å². The fourth-order valence-electron chi connectivity index (χ4n) is 2.57. The minimum Gasteiger partial charge on any atom is -0.493 e. The van der Waals surface area contributed by atoms with Crippen molar-refractivity contribution in [1.29, 1.82) is 0 Å². The van der Waals surface area contributed by atoms with Crippen LogP contribution in [0, 0.1) is 6.92 Å². The second-order valence-corrected chi connectivity index (χ2v) is 6.93. The Morgan fingerprint density at radius 2 is 1.70 bits per heavy atom. The molecule has 3 aromatic rings. The first-order valence-electron chi connectivity index (χ1n) is 9.25. The molecule has 0 bridgehead atoms. The smallest absolute Gasteiger partial charge is 0.262 e. The molecule has 0 radical (unpaired) electrons. The first kappa shape index (κ1) is 21.2. The Kier molecular flexibility index (Phi) is 7.29. The second-order valence-electron chi connectivity index (χ2n) is 6.49. The lowest BCUT2D eigenvalue weighted by Crippen LogP contribution is -2.20. The molecular weight excluding hydrogens is 402 g/mol. The Bertz CT molecular complexity index is 1020. The summed E-state index contributed by atoms with van der Waals surface area (Å²) in [6.07, 6.45) is 1.66. The molecule has 1 amide bonds. The van der Waals surface area contributed by atoms with Crippen LogP contribution < -0.4 is 20.2 Å². The molecule has 0 aliphatic heterocycles. The van der Waals surface area contributed by atoms with Crippen molar-refractivity contribution >= 4 is 35.1 Å². The summed E-state index contributed by atoms with van der Waals surface area (Å²) >= 11 is 5.86. The van der Waals surface area contributed by atoms with Gasteiger partial charge in [0.1, 0.15) is 0 Å². The van der Waals surface area contributed by atoms with Crippen LogP contribution in [0.15, 0.2) is 71.8 Å². The van der Waals surface area contributed by atoms with Crippen molar-refractivity contribution in [3.05, 3.63) is 82.9 Å². The average molecular weight is 424 g/mol. The van der Waals surface area contributed by atoms with E-state index >= 15 is 0 Å². The summed E-state index contributed by atoms with van der Waals surface area (Å²) in [5.74, 6) is 0.728. The van der Waals surface area contributed by atoms with E-state index in [0.717, 1.165) is 22.5 Å². The maximum Gasteiger partial charge on any atom is 0.262 e. The van der Waals surface area contributed by atoms with E-state index in [1.54, 1.807) is 37.6 Å². The molecule has 0 saturated carbocycles. The van der Waals surface area contributed by atoms with Crippen LogP contribution in [0.25, 0.3) is 0 Å². The number of anilines is 2. The van der Waals surface area contributed by atoms with Gasteiger partial charge in [-0.2, -0.15) is 5.10 Å². The quantitative estimate of drug-likeness (QED) is 0.389. The van der Waals surface area contributed by atoms with Gasteiger partial charge in [-0.15, -0.1) is 0 Å². The molecule has 0 aliphatic carbocycles. The minimum atomic E-state index is -0.251. The SMILES string of the molecule is COc1cc(/C=N/Nc2ccc(Cl)cc2)ccc1OCC(=O)Nc1ccc(C)cc1. The van der Waals surface area contributed by atoms with E-state index in [2.05, 4.69) is 15.8 Å². The van der Waals surface area contributed by atoms with Crippen molar-refractivity contribution in [2.75, 3.05) is 24.5 Å². The Morgan fingerprint density at radius 3 is 2.40 bits per heavy atom. The molecule has 0 spiro atoms. The van der Waals surface area contributed by atoms with Gasteiger partial charge in [0.2, 0.25) is 0 Å². The highest BCUT2D eigenvalue weighted by Gasteiger charge is 2.09. The van der Waals surface area contributed by atoms with Gasteiger partial charge in [-0.1, -0.05) is 29.3 Å². The zero-order chi connectivity index (χ0) is 21.3. The van der Waals surface area contributed by atoms with Crippen molar-refractivity contribution in [3.8, 4) is 11.5 Å². The maximum absolute atomic E-state index is 12.1. The number of ether oxygens (including phenoxy) is 2. The lowest BCUT2D eigenvalue weighted by atomic mass is 10.2. The van der Waals surface area contributed by atoms with Crippen LogP contribution in [0.4, 0.5) is 11.4 Å². The summed E-state index contributed by atoms with van der Waals surface area (Å²) < 4.78 is 11.0. The average Bonchev–Trinajstić information content (AvgIpc) is 2.75. The van der Waals surface area contributed by atoms with Crippen LogP contribution in [0.3, 0.4) is 0 Å². The molecule has 0 unspecified atom stereocenters. The first-order valence-corrected chi connectivity index (χ1v) is 9.63. The summed E-state index contributed by atoms with van der Waals surface area (Å²) in [7, 11) is 1.54. The Balaban J connectivity index is 1.56. The third-order valence-electron chi connectivity index (χ3n) is 4.13. The highest BCUT2D eigenvalue weighted by atomic mass is 35.5. The Morgan fingerprint density at radius 1 is 1.00 bits per heavy atom. The van der Waals surface area contributed by atoms with Gasteiger partial charge in [0.15, 0.2) is 18.1 Å². The first-order chi connectivity index (χ1) is 14.5. The zero-order valence-electron chi connectivity index (χ0n) is 16.7. The normalized spacial score (nSPS) is 10.6. The monoisotopic (exact) mass is 423 g/mol. The number of carbonyl (C=O) groups excluding carboxylic acids is 1. The van der Waals surface area contributed by atoms with Crippen LogP contribution in [0.5, 0.6) is 11.5 Å². The van der Waals surface area contributed by atoms with Gasteiger partial charge in [0, 0.05) is 10.7 Å². The summed E-state index contributed by atoms with van der Waals surface area (Å²) in [5.41, 5.74) is 6.41. The fourth-order valence-corrected chi connectivity index (χ4v) is 2.69. The maximum atomic E-state index is 12.1.